The highest BCUT2D eigenvalue weighted by Gasteiger charge is 2.06. The Morgan fingerprint density at radius 2 is 2.05 bits per heavy atom. The van der Waals surface area contributed by atoms with Crippen molar-refractivity contribution in [3.05, 3.63) is 58.9 Å². The van der Waals surface area contributed by atoms with Gasteiger partial charge in [0.25, 0.3) is 0 Å². The number of carbonyl (C=O) groups is 1. The van der Waals surface area contributed by atoms with Gasteiger partial charge in [0.15, 0.2) is 0 Å². The molecule has 0 fully saturated rings. The van der Waals surface area contributed by atoms with Crippen LogP contribution in [0.1, 0.15) is 27.2 Å². The first kappa shape index (κ1) is 13.6. The number of rotatable bonds is 4. The number of aromatic nitrogens is 1. The minimum Gasteiger partial charge on any atom is -0.477 e. The zero-order valence-electron chi connectivity index (χ0n) is 10.9. The lowest BCUT2D eigenvalue weighted by molar-refractivity contribution is 0.0690. The summed E-state index contributed by atoms with van der Waals surface area (Å²) in [4.78, 5) is 15.9. The second-order valence-corrected chi connectivity index (χ2v) is 5.43. The molecular weight excluding hydrogens is 258 g/mol. The Bertz CT molecular complexity index is 611. The molecule has 0 unspecified atom stereocenters. The van der Waals surface area contributed by atoms with Gasteiger partial charge in [-0.3, -0.25) is 0 Å². The molecular formula is C15H15NO2S. The maximum absolute atomic E-state index is 10.9. The van der Waals surface area contributed by atoms with Gasteiger partial charge >= 0.3 is 5.97 Å². The number of carboxylic acid groups (broad SMARTS) is 1. The minimum absolute atomic E-state index is 0.0964. The van der Waals surface area contributed by atoms with E-state index in [-0.39, 0.29) is 5.69 Å². The van der Waals surface area contributed by atoms with Crippen molar-refractivity contribution in [2.75, 3.05) is 0 Å². The SMILES string of the molecule is Cc1ccc(C)c(SCc2ccnc(C(=O)O)c2)c1. The van der Waals surface area contributed by atoms with Crippen LogP contribution < -0.4 is 0 Å². The van der Waals surface area contributed by atoms with Crippen LogP contribution in [0.15, 0.2) is 41.4 Å². The van der Waals surface area contributed by atoms with Crippen molar-refractivity contribution in [3.63, 3.8) is 0 Å². The molecule has 0 bridgehead atoms. The predicted octanol–water partition coefficient (Wildman–Crippen LogP) is 3.69. The summed E-state index contributed by atoms with van der Waals surface area (Å²) in [6.07, 6.45) is 1.54. The number of nitrogens with zero attached hydrogens (tertiary/aromatic N) is 1. The first-order valence-electron chi connectivity index (χ1n) is 5.94. The van der Waals surface area contributed by atoms with E-state index in [1.165, 1.54) is 16.0 Å². The number of benzene rings is 1. The Balaban J connectivity index is 2.12. The normalized spacial score (nSPS) is 10.4. The van der Waals surface area contributed by atoms with E-state index in [1.807, 2.05) is 6.07 Å². The van der Waals surface area contributed by atoms with E-state index in [1.54, 1.807) is 24.0 Å². The summed E-state index contributed by atoms with van der Waals surface area (Å²) in [7, 11) is 0. The summed E-state index contributed by atoms with van der Waals surface area (Å²) >= 11 is 1.71. The zero-order chi connectivity index (χ0) is 13.8. The maximum Gasteiger partial charge on any atom is 0.354 e. The van der Waals surface area contributed by atoms with Gasteiger partial charge in [-0.05, 0) is 43.2 Å². The average Bonchev–Trinajstić information content (AvgIpc) is 2.40. The first-order chi connectivity index (χ1) is 9.06. The molecule has 0 aliphatic carbocycles. The monoisotopic (exact) mass is 273 g/mol. The topological polar surface area (TPSA) is 50.2 Å². The second kappa shape index (κ2) is 5.89. The van der Waals surface area contributed by atoms with E-state index in [9.17, 15) is 4.79 Å². The molecule has 4 heteroatoms. The molecule has 2 rings (SSSR count). The highest BCUT2D eigenvalue weighted by molar-refractivity contribution is 7.98. The van der Waals surface area contributed by atoms with Crippen molar-refractivity contribution in [1.29, 1.82) is 0 Å². The Hall–Kier alpha value is -1.81. The van der Waals surface area contributed by atoms with Crippen LogP contribution in [0.25, 0.3) is 0 Å². The fourth-order valence-corrected chi connectivity index (χ4v) is 2.77. The van der Waals surface area contributed by atoms with Crippen LogP contribution in [-0.2, 0) is 5.75 Å². The van der Waals surface area contributed by atoms with Crippen LogP contribution in [0, 0.1) is 13.8 Å². The maximum atomic E-state index is 10.9. The molecule has 0 aliphatic rings. The van der Waals surface area contributed by atoms with Gasteiger partial charge in [0, 0.05) is 16.8 Å². The van der Waals surface area contributed by atoms with E-state index < -0.39 is 5.97 Å². The fourth-order valence-electron chi connectivity index (χ4n) is 1.70. The number of aromatic carboxylic acids is 1. The van der Waals surface area contributed by atoms with Gasteiger partial charge in [-0.1, -0.05) is 17.7 Å². The van der Waals surface area contributed by atoms with Gasteiger partial charge in [0.05, 0.1) is 0 Å². The lowest BCUT2D eigenvalue weighted by Crippen LogP contribution is -2.00. The minimum atomic E-state index is -0.987. The lowest BCUT2D eigenvalue weighted by atomic mass is 10.2. The summed E-state index contributed by atoms with van der Waals surface area (Å²) in [6.45, 7) is 4.15. The molecule has 2 aromatic rings. The van der Waals surface area contributed by atoms with Crippen molar-refractivity contribution in [3.8, 4) is 0 Å². The molecule has 98 valence electrons. The molecule has 1 N–H and O–H groups in total. The lowest BCUT2D eigenvalue weighted by Gasteiger charge is -2.07. The summed E-state index contributed by atoms with van der Waals surface area (Å²) in [5.41, 5.74) is 3.54. The van der Waals surface area contributed by atoms with Gasteiger partial charge in [-0.15, -0.1) is 11.8 Å². The van der Waals surface area contributed by atoms with E-state index >= 15 is 0 Å². The molecule has 3 nitrogen and oxygen atoms in total. The summed E-state index contributed by atoms with van der Waals surface area (Å²) in [6, 6.07) is 9.82. The van der Waals surface area contributed by atoms with Crippen molar-refractivity contribution in [2.24, 2.45) is 0 Å². The zero-order valence-corrected chi connectivity index (χ0v) is 11.7. The number of hydrogen-bond donors (Lipinski definition) is 1. The molecule has 0 atom stereocenters. The molecule has 1 aromatic heterocycles. The molecule has 1 aromatic carbocycles. The Morgan fingerprint density at radius 1 is 1.26 bits per heavy atom. The third-order valence-electron chi connectivity index (χ3n) is 2.78. The fraction of sp³-hybridized carbons (Fsp3) is 0.200. The van der Waals surface area contributed by atoms with Crippen LogP contribution in [0.5, 0.6) is 0 Å². The Kier molecular flexibility index (Phi) is 4.22. The molecule has 0 spiro atoms. The molecule has 0 saturated carbocycles. The van der Waals surface area contributed by atoms with Gasteiger partial charge in [0.1, 0.15) is 5.69 Å². The molecule has 1 heterocycles. The summed E-state index contributed by atoms with van der Waals surface area (Å²) < 4.78 is 0. The van der Waals surface area contributed by atoms with Crippen molar-refractivity contribution in [2.45, 2.75) is 24.5 Å². The van der Waals surface area contributed by atoms with E-state index in [2.05, 4.69) is 37.0 Å². The standard InChI is InChI=1S/C15H15NO2S/c1-10-3-4-11(2)14(7-10)19-9-12-5-6-16-13(8-12)15(17)18/h3-8H,9H2,1-2H3,(H,17,18). The van der Waals surface area contributed by atoms with Crippen LogP contribution in [-0.4, -0.2) is 16.1 Å². The van der Waals surface area contributed by atoms with Gasteiger partial charge in [0.2, 0.25) is 0 Å². The Morgan fingerprint density at radius 3 is 2.79 bits per heavy atom. The number of pyridine rings is 1. The van der Waals surface area contributed by atoms with E-state index in [0.29, 0.717) is 0 Å². The number of thioether (sulfide) groups is 1. The quantitative estimate of drug-likeness (QED) is 0.863. The number of aryl methyl sites for hydroxylation is 2. The molecule has 0 radical (unpaired) electrons. The number of carboxylic acids is 1. The molecule has 0 amide bonds. The summed E-state index contributed by atoms with van der Waals surface area (Å²) in [5.74, 6) is -0.244. The average molecular weight is 273 g/mol. The Labute approximate surface area is 116 Å². The first-order valence-corrected chi connectivity index (χ1v) is 6.93. The predicted molar refractivity (Wildman–Crippen MR) is 76.7 cm³/mol. The second-order valence-electron chi connectivity index (χ2n) is 4.41. The highest BCUT2D eigenvalue weighted by atomic mass is 32.2. The molecule has 0 saturated heterocycles. The molecule has 0 aliphatic heterocycles. The smallest absolute Gasteiger partial charge is 0.354 e. The largest absolute Gasteiger partial charge is 0.477 e. The van der Waals surface area contributed by atoms with Gasteiger partial charge in [-0.25, -0.2) is 9.78 Å². The number of hydrogen-bond acceptors (Lipinski definition) is 3. The van der Waals surface area contributed by atoms with Crippen molar-refractivity contribution < 1.29 is 9.90 Å². The van der Waals surface area contributed by atoms with E-state index in [4.69, 9.17) is 5.11 Å². The van der Waals surface area contributed by atoms with Crippen LogP contribution in [0.4, 0.5) is 0 Å². The summed E-state index contributed by atoms with van der Waals surface area (Å²) in [5, 5.41) is 8.91. The van der Waals surface area contributed by atoms with E-state index in [0.717, 1.165) is 11.3 Å². The van der Waals surface area contributed by atoms with Crippen molar-refractivity contribution >= 4 is 17.7 Å². The van der Waals surface area contributed by atoms with Gasteiger partial charge in [-0.2, -0.15) is 0 Å². The van der Waals surface area contributed by atoms with Crippen molar-refractivity contribution in [1.82, 2.24) is 4.98 Å². The van der Waals surface area contributed by atoms with Crippen LogP contribution >= 0.6 is 11.8 Å². The van der Waals surface area contributed by atoms with Crippen LogP contribution in [0.3, 0.4) is 0 Å². The third-order valence-corrected chi connectivity index (χ3v) is 4.01. The van der Waals surface area contributed by atoms with Gasteiger partial charge < -0.3 is 5.11 Å². The third kappa shape index (κ3) is 3.58. The molecule has 19 heavy (non-hydrogen) atoms. The highest BCUT2D eigenvalue weighted by Crippen LogP contribution is 2.26. The van der Waals surface area contributed by atoms with Crippen LogP contribution in [0.2, 0.25) is 0 Å².